The van der Waals surface area contributed by atoms with E-state index in [1.165, 1.54) is 19.3 Å². The van der Waals surface area contributed by atoms with Crippen molar-refractivity contribution >= 4 is 21.9 Å². The van der Waals surface area contributed by atoms with Crippen molar-refractivity contribution < 1.29 is 9.22 Å². The maximum atomic E-state index is 11.0. The molecule has 123 valence electrons. The molecule has 3 nitrogen and oxygen atoms in total. The van der Waals surface area contributed by atoms with E-state index in [1.807, 2.05) is 0 Å². The van der Waals surface area contributed by atoms with Crippen LogP contribution in [-0.4, -0.2) is 45.9 Å². The third-order valence-electron chi connectivity index (χ3n) is 7.12. The molecule has 2 aliphatic carbocycles. The lowest BCUT2D eigenvalue weighted by atomic mass is 9.78. The first kappa shape index (κ1) is 16.7. The molecule has 0 N–H and O–H groups in total. The maximum Gasteiger partial charge on any atom is 0.293 e. The summed E-state index contributed by atoms with van der Waals surface area (Å²) in [6.45, 7) is 13.4. The van der Waals surface area contributed by atoms with Crippen molar-refractivity contribution in [3.05, 3.63) is 0 Å². The van der Waals surface area contributed by atoms with Gasteiger partial charge in [-0.1, -0.05) is 20.8 Å². The van der Waals surface area contributed by atoms with Gasteiger partial charge >= 0.3 is 0 Å². The number of nitrogens with zero attached hydrogens (tertiary/aromatic N) is 1. The standard InChI is InChI=1S/C17H31BNO2Si/c1-17(2,3)22(4,5)21-10-15-16-13-7-6-12(8-13)14(16)9-19(15)18-11-20/h11-16H,6-10H2,1-5H3. The first-order chi connectivity index (χ1) is 10.2. The van der Waals surface area contributed by atoms with Gasteiger partial charge in [0.2, 0.25) is 0 Å². The first-order valence-corrected chi connectivity index (χ1v) is 11.8. The lowest BCUT2D eigenvalue weighted by Crippen LogP contribution is -2.47. The number of rotatable bonds is 5. The summed E-state index contributed by atoms with van der Waals surface area (Å²) in [7, 11) is 0.0564. The van der Waals surface area contributed by atoms with E-state index in [2.05, 4.69) is 38.7 Å². The van der Waals surface area contributed by atoms with Gasteiger partial charge in [-0.05, 0) is 67.6 Å². The largest absolute Gasteiger partial charge is 0.415 e. The van der Waals surface area contributed by atoms with Crippen molar-refractivity contribution in [3.63, 3.8) is 0 Å². The third kappa shape index (κ3) is 2.73. The normalized spacial score (nSPS) is 38.3. The molecular weight excluding hydrogens is 289 g/mol. The van der Waals surface area contributed by atoms with Gasteiger partial charge < -0.3 is 14.0 Å². The topological polar surface area (TPSA) is 29.5 Å². The van der Waals surface area contributed by atoms with Crippen molar-refractivity contribution in [2.45, 2.75) is 64.2 Å². The summed E-state index contributed by atoms with van der Waals surface area (Å²) in [6, 6.07) is 0.430. The first-order valence-electron chi connectivity index (χ1n) is 8.93. The molecule has 22 heavy (non-hydrogen) atoms. The molecule has 0 amide bonds. The Kier molecular flexibility index (Phi) is 4.37. The molecule has 5 heteroatoms. The fraction of sp³-hybridized carbons (Fsp3) is 0.941. The van der Waals surface area contributed by atoms with E-state index in [0.717, 1.165) is 43.0 Å². The zero-order valence-corrected chi connectivity index (χ0v) is 15.8. The van der Waals surface area contributed by atoms with Crippen LogP contribution in [0, 0.1) is 23.7 Å². The minimum absolute atomic E-state index is 0.249. The van der Waals surface area contributed by atoms with Crippen LogP contribution in [0.2, 0.25) is 18.1 Å². The Hall–Kier alpha value is -0.128. The van der Waals surface area contributed by atoms with Crippen LogP contribution in [0.4, 0.5) is 0 Å². The van der Waals surface area contributed by atoms with Gasteiger partial charge in [-0.2, -0.15) is 0 Å². The molecule has 2 saturated carbocycles. The Morgan fingerprint density at radius 1 is 1.27 bits per heavy atom. The van der Waals surface area contributed by atoms with Crippen LogP contribution in [0.15, 0.2) is 0 Å². The molecule has 1 aliphatic heterocycles. The molecule has 5 unspecified atom stereocenters. The van der Waals surface area contributed by atoms with Gasteiger partial charge in [-0.25, -0.2) is 0 Å². The Bertz CT molecular complexity index is 437. The minimum atomic E-state index is -1.72. The molecule has 0 aromatic rings. The smallest absolute Gasteiger partial charge is 0.293 e. The Morgan fingerprint density at radius 3 is 2.59 bits per heavy atom. The molecule has 0 aromatic carbocycles. The lowest BCUT2D eigenvalue weighted by molar-refractivity contribution is 0.158. The van der Waals surface area contributed by atoms with Crippen molar-refractivity contribution in [3.8, 4) is 0 Å². The van der Waals surface area contributed by atoms with Crippen molar-refractivity contribution in [2.24, 2.45) is 23.7 Å². The van der Waals surface area contributed by atoms with Crippen molar-refractivity contribution in [1.29, 1.82) is 0 Å². The summed E-state index contributed by atoms with van der Waals surface area (Å²) in [5, 5.41) is 0.249. The second-order valence-corrected chi connectivity index (χ2v) is 14.0. The van der Waals surface area contributed by atoms with Crippen LogP contribution >= 0.6 is 0 Å². The zero-order chi connectivity index (χ0) is 16.1. The molecule has 5 atom stereocenters. The van der Waals surface area contributed by atoms with Gasteiger partial charge in [-0.15, -0.1) is 0 Å². The van der Waals surface area contributed by atoms with E-state index < -0.39 is 8.32 Å². The summed E-state index contributed by atoms with van der Waals surface area (Å²) in [6.07, 6.45) is 5.21. The lowest BCUT2D eigenvalue weighted by Gasteiger charge is -2.39. The molecule has 3 fully saturated rings. The highest BCUT2D eigenvalue weighted by Crippen LogP contribution is 2.57. The zero-order valence-electron chi connectivity index (χ0n) is 14.8. The highest BCUT2D eigenvalue weighted by Gasteiger charge is 2.56. The van der Waals surface area contributed by atoms with Crippen LogP contribution in [0.5, 0.6) is 0 Å². The van der Waals surface area contributed by atoms with Crippen LogP contribution in [0.3, 0.4) is 0 Å². The second-order valence-electron chi connectivity index (χ2n) is 9.20. The fourth-order valence-corrected chi connectivity index (χ4v) is 5.91. The van der Waals surface area contributed by atoms with E-state index in [-0.39, 0.29) is 5.04 Å². The third-order valence-corrected chi connectivity index (χ3v) is 11.6. The van der Waals surface area contributed by atoms with Crippen molar-refractivity contribution in [2.75, 3.05) is 13.2 Å². The predicted octanol–water partition coefficient (Wildman–Crippen LogP) is 3.16. The molecule has 0 aromatic heterocycles. The fourth-order valence-electron chi connectivity index (χ4n) is 4.89. The predicted molar refractivity (Wildman–Crippen MR) is 94.0 cm³/mol. The number of carbonyl (C=O) groups excluding carboxylic acids is 1. The van der Waals surface area contributed by atoms with Gasteiger partial charge in [0.25, 0.3) is 7.41 Å². The summed E-state index contributed by atoms with van der Waals surface area (Å²) in [5.41, 5.74) is 0. The van der Waals surface area contributed by atoms with Crippen LogP contribution in [-0.2, 0) is 9.22 Å². The summed E-state index contributed by atoms with van der Waals surface area (Å²) in [5.74, 6) is 3.37. The summed E-state index contributed by atoms with van der Waals surface area (Å²) in [4.78, 5) is 13.3. The summed E-state index contributed by atoms with van der Waals surface area (Å²) >= 11 is 0. The summed E-state index contributed by atoms with van der Waals surface area (Å²) < 4.78 is 6.53. The quantitative estimate of drug-likeness (QED) is 0.576. The molecule has 0 spiro atoms. The van der Waals surface area contributed by atoms with E-state index in [1.54, 1.807) is 7.41 Å². The van der Waals surface area contributed by atoms with E-state index in [0.29, 0.717) is 6.04 Å². The Balaban J connectivity index is 1.71. The van der Waals surface area contributed by atoms with Gasteiger partial charge in [0.05, 0.1) is 6.19 Å². The Labute approximate surface area is 137 Å². The highest BCUT2D eigenvalue weighted by atomic mass is 28.4. The molecule has 2 bridgehead atoms. The molecule has 3 aliphatic rings. The van der Waals surface area contributed by atoms with Crippen LogP contribution in [0.25, 0.3) is 0 Å². The number of carbonyl (C=O) groups is 1. The molecular formula is C17H31BNO2Si. The molecule has 1 saturated heterocycles. The SMILES string of the molecule is CC(C)(C)[Si](C)(C)OCC1C2C3CCC(C3)C2CN1[B]C=O. The van der Waals surface area contributed by atoms with E-state index in [9.17, 15) is 4.79 Å². The molecule has 1 radical (unpaired) electrons. The maximum absolute atomic E-state index is 11.0. The van der Waals surface area contributed by atoms with Gasteiger partial charge in [0, 0.05) is 12.6 Å². The monoisotopic (exact) mass is 320 g/mol. The number of hydrogen-bond acceptors (Lipinski definition) is 3. The van der Waals surface area contributed by atoms with Crippen LogP contribution < -0.4 is 0 Å². The average molecular weight is 320 g/mol. The van der Waals surface area contributed by atoms with E-state index in [4.69, 9.17) is 4.43 Å². The minimum Gasteiger partial charge on any atom is -0.415 e. The van der Waals surface area contributed by atoms with Gasteiger partial charge in [-0.3, -0.25) is 0 Å². The average Bonchev–Trinajstić information content (AvgIpc) is 3.06. The molecule has 3 rings (SSSR count). The second kappa shape index (κ2) is 5.75. The molecule has 1 heterocycles. The Morgan fingerprint density at radius 2 is 1.95 bits per heavy atom. The van der Waals surface area contributed by atoms with E-state index >= 15 is 0 Å². The van der Waals surface area contributed by atoms with Gasteiger partial charge in [0.15, 0.2) is 8.32 Å². The number of fused-ring (bicyclic) bond motifs is 5. The highest BCUT2D eigenvalue weighted by molar-refractivity contribution is 6.74. The number of hydrogen-bond donors (Lipinski definition) is 0. The van der Waals surface area contributed by atoms with Crippen molar-refractivity contribution in [1.82, 2.24) is 4.81 Å². The van der Waals surface area contributed by atoms with Crippen LogP contribution in [0.1, 0.15) is 40.0 Å². The van der Waals surface area contributed by atoms with Gasteiger partial charge in [0.1, 0.15) is 0 Å².